The van der Waals surface area contributed by atoms with E-state index in [1.165, 1.54) is 6.33 Å². The summed E-state index contributed by atoms with van der Waals surface area (Å²) in [4.78, 5) is 21.5. The van der Waals surface area contributed by atoms with Gasteiger partial charge in [-0.05, 0) is 19.8 Å². The zero-order valence-electron chi connectivity index (χ0n) is 9.19. The summed E-state index contributed by atoms with van der Waals surface area (Å²) in [5, 5.41) is 0.548. The van der Waals surface area contributed by atoms with Crippen LogP contribution in [0.2, 0.25) is 5.02 Å². The summed E-state index contributed by atoms with van der Waals surface area (Å²) in [6.07, 6.45) is 5.04. The highest BCUT2D eigenvalue weighted by Crippen LogP contribution is 2.26. The molecule has 1 unspecified atom stereocenters. The van der Waals surface area contributed by atoms with Crippen LogP contribution >= 0.6 is 11.6 Å². The fraction of sp³-hybridized carbons (Fsp3) is 0.545. The molecule has 4 nitrogen and oxygen atoms in total. The van der Waals surface area contributed by atoms with E-state index < -0.39 is 0 Å². The van der Waals surface area contributed by atoms with E-state index in [1.54, 1.807) is 13.1 Å². The normalized spacial score (nSPS) is 20.9. The predicted molar refractivity (Wildman–Crippen MR) is 62.7 cm³/mol. The maximum absolute atomic E-state index is 11.4. The summed E-state index contributed by atoms with van der Waals surface area (Å²) in [7, 11) is 0. The minimum Gasteiger partial charge on any atom is -0.355 e. The molecule has 1 aliphatic heterocycles. The predicted octanol–water partition coefficient (Wildman–Crippen LogP) is 1.94. The fourth-order valence-corrected chi connectivity index (χ4v) is 2.26. The summed E-state index contributed by atoms with van der Waals surface area (Å²) in [6.45, 7) is 3.27. The Morgan fingerprint density at radius 3 is 3.12 bits per heavy atom. The van der Waals surface area contributed by atoms with Crippen molar-refractivity contribution in [1.29, 1.82) is 0 Å². The van der Waals surface area contributed by atoms with Gasteiger partial charge < -0.3 is 4.90 Å². The van der Waals surface area contributed by atoms with E-state index in [9.17, 15) is 4.79 Å². The molecule has 0 bridgehead atoms. The fourth-order valence-electron chi connectivity index (χ4n) is 2.04. The molecule has 1 atom stereocenters. The number of ketones is 1. The van der Waals surface area contributed by atoms with Crippen molar-refractivity contribution in [1.82, 2.24) is 9.97 Å². The van der Waals surface area contributed by atoms with E-state index in [0.29, 0.717) is 11.6 Å². The molecule has 86 valence electrons. The first-order chi connectivity index (χ1) is 7.68. The Bertz CT molecular complexity index is 397. The molecule has 1 fully saturated rings. The topological polar surface area (TPSA) is 46.1 Å². The highest BCUT2D eigenvalue weighted by atomic mass is 35.5. The second-order valence-corrected chi connectivity index (χ2v) is 4.50. The van der Waals surface area contributed by atoms with Gasteiger partial charge in [0.15, 0.2) is 5.82 Å². The highest BCUT2D eigenvalue weighted by Gasteiger charge is 2.24. The van der Waals surface area contributed by atoms with Gasteiger partial charge in [0, 0.05) is 19.0 Å². The van der Waals surface area contributed by atoms with Crippen molar-refractivity contribution in [2.45, 2.75) is 19.8 Å². The molecule has 2 rings (SSSR count). The number of hydrogen-bond acceptors (Lipinski definition) is 4. The summed E-state index contributed by atoms with van der Waals surface area (Å²) in [6, 6.07) is 0. The molecule has 5 heteroatoms. The number of carbonyl (C=O) groups is 1. The smallest absolute Gasteiger partial charge is 0.150 e. The van der Waals surface area contributed by atoms with Crippen LogP contribution < -0.4 is 4.90 Å². The maximum atomic E-state index is 11.4. The molecular formula is C11H14ClN3O. The second-order valence-electron chi connectivity index (χ2n) is 4.09. The van der Waals surface area contributed by atoms with Crippen LogP contribution in [-0.2, 0) is 4.79 Å². The van der Waals surface area contributed by atoms with Crippen molar-refractivity contribution in [2.24, 2.45) is 5.92 Å². The van der Waals surface area contributed by atoms with Gasteiger partial charge in [-0.25, -0.2) is 9.97 Å². The molecule has 1 aromatic heterocycles. The summed E-state index contributed by atoms with van der Waals surface area (Å²) in [5.74, 6) is 1.09. The van der Waals surface area contributed by atoms with Gasteiger partial charge in [-0.15, -0.1) is 0 Å². The number of halogens is 1. The summed E-state index contributed by atoms with van der Waals surface area (Å²) >= 11 is 6.03. The zero-order chi connectivity index (χ0) is 11.5. The number of hydrogen-bond donors (Lipinski definition) is 0. The van der Waals surface area contributed by atoms with Gasteiger partial charge >= 0.3 is 0 Å². The van der Waals surface area contributed by atoms with Gasteiger partial charge in [0.2, 0.25) is 0 Å². The molecule has 2 heterocycles. The number of anilines is 1. The third-order valence-corrected chi connectivity index (χ3v) is 3.21. The molecule has 0 radical (unpaired) electrons. The second kappa shape index (κ2) is 4.78. The Hall–Kier alpha value is -1.16. The van der Waals surface area contributed by atoms with Gasteiger partial charge in [0.25, 0.3) is 0 Å². The van der Waals surface area contributed by atoms with Crippen molar-refractivity contribution in [3.8, 4) is 0 Å². The molecule has 0 saturated carbocycles. The van der Waals surface area contributed by atoms with Crippen LogP contribution in [-0.4, -0.2) is 28.8 Å². The molecule has 0 aliphatic carbocycles. The lowest BCUT2D eigenvalue weighted by atomic mass is 9.95. The molecule has 16 heavy (non-hydrogen) atoms. The van der Waals surface area contributed by atoms with Crippen molar-refractivity contribution in [3.63, 3.8) is 0 Å². The molecule has 1 aromatic rings. The van der Waals surface area contributed by atoms with Crippen molar-refractivity contribution in [2.75, 3.05) is 18.0 Å². The van der Waals surface area contributed by atoms with Crippen molar-refractivity contribution in [3.05, 3.63) is 17.5 Å². The first-order valence-corrected chi connectivity index (χ1v) is 5.77. The Morgan fingerprint density at radius 2 is 2.44 bits per heavy atom. The maximum Gasteiger partial charge on any atom is 0.150 e. The van der Waals surface area contributed by atoms with Gasteiger partial charge in [-0.1, -0.05) is 11.6 Å². The van der Waals surface area contributed by atoms with Crippen molar-refractivity contribution >= 4 is 23.2 Å². The van der Waals surface area contributed by atoms with E-state index in [1.807, 2.05) is 0 Å². The van der Waals surface area contributed by atoms with Crippen LogP contribution in [0, 0.1) is 5.92 Å². The lowest BCUT2D eigenvalue weighted by Gasteiger charge is -2.32. The van der Waals surface area contributed by atoms with Gasteiger partial charge in [0.1, 0.15) is 17.1 Å². The van der Waals surface area contributed by atoms with Crippen LogP contribution in [0.25, 0.3) is 0 Å². The van der Waals surface area contributed by atoms with Crippen LogP contribution in [0.1, 0.15) is 19.8 Å². The van der Waals surface area contributed by atoms with Crippen LogP contribution in [0.4, 0.5) is 5.82 Å². The van der Waals surface area contributed by atoms with E-state index >= 15 is 0 Å². The number of nitrogens with zero attached hydrogens (tertiary/aromatic N) is 3. The third kappa shape index (κ3) is 2.32. The van der Waals surface area contributed by atoms with Gasteiger partial charge in [0.05, 0.1) is 6.20 Å². The lowest BCUT2D eigenvalue weighted by molar-refractivity contribution is -0.120. The number of piperidine rings is 1. The van der Waals surface area contributed by atoms with E-state index in [0.717, 1.165) is 25.2 Å². The standard InChI is InChI=1S/C11H14ClN3O/c1-8(16)9-3-2-4-15(6-9)11-10(12)5-13-7-14-11/h5,7,9H,2-4,6H2,1H3. The first-order valence-electron chi connectivity index (χ1n) is 5.39. The Morgan fingerprint density at radius 1 is 1.62 bits per heavy atom. The third-order valence-electron chi connectivity index (χ3n) is 2.94. The zero-order valence-corrected chi connectivity index (χ0v) is 9.94. The van der Waals surface area contributed by atoms with E-state index in [-0.39, 0.29) is 11.7 Å². The first kappa shape index (κ1) is 11.3. The quantitative estimate of drug-likeness (QED) is 0.791. The Balaban J connectivity index is 2.16. The molecule has 1 saturated heterocycles. The number of aromatic nitrogens is 2. The van der Waals surface area contributed by atoms with Crippen LogP contribution in [0.5, 0.6) is 0 Å². The number of Topliss-reactive ketones (excluding diaryl/α,β-unsaturated/α-hetero) is 1. The largest absolute Gasteiger partial charge is 0.355 e. The SMILES string of the molecule is CC(=O)C1CCCN(c2ncncc2Cl)C1. The molecule has 0 aromatic carbocycles. The molecule has 1 aliphatic rings. The average molecular weight is 240 g/mol. The Labute approximate surface area is 99.6 Å². The lowest BCUT2D eigenvalue weighted by Crippen LogP contribution is -2.38. The number of carbonyl (C=O) groups excluding carboxylic acids is 1. The highest BCUT2D eigenvalue weighted by molar-refractivity contribution is 6.32. The Kier molecular flexibility index (Phi) is 3.39. The van der Waals surface area contributed by atoms with Crippen LogP contribution in [0.3, 0.4) is 0 Å². The van der Waals surface area contributed by atoms with E-state index in [4.69, 9.17) is 11.6 Å². The monoisotopic (exact) mass is 239 g/mol. The van der Waals surface area contributed by atoms with Crippen molar-refractivity contribution < 1.29 is 4.79 Å². The molecule has 0 spiro atoms. The average Bonchev–Trinajstić information content (AvgIpc) is 2.30. The van der Waals surface area contributed by atoms with Gasteiger partial charge in [-0.3, -0.25) is 4.79 Å². The minimum absolute atomic E-state index is 0.111. The molecule has 0 N–H and O–H groups in total. The number of rotatable bonds is 2. The minimum atomic E-state index is 0.111. The molecular weight excluding hydrogens is 226 g/mol. The molecule has 0 amide bonds. The van der Waals surface area contributed by atoms with E-state index in [2.05, 4.69) is 14.9 Å². The summed E-state index contributed by atoms with van der Waals surface area (Å²) < 4.78 is 0. The van der Waals surface area contributed by atoms with Crippen LogP contribution in [0.15, 0.2) is 12.5 Å². The summed E-state index contributed by atoms with van der Waals surface area (Å²) in [5.41, 5.74) is 0. The van der Waals surface area contributed by atoms with Gasteiger partial charge in [-0.2, -0.15) is 0 Å².